The number of ether oxygens (including phenoxy) is 2. The minimum Gasteiger partial charge on any atom is -0.385 e. The van der Waals surface area contributed by atoms with Crippen LogP contribution in [0, 0.1) is 5.92 Å². The van der Waals surface area contributed by atoms with Crippen LogP contribution in [0.5, 0.6) is 0 Å². The summed E-state index contributed by atoms with van der Waals surface area (Å²) in [7, 11) is 0. The van der Waals surface area contributed by atoms with Crippen LogP contribution in [0.3, 0.4) is 0 Å². The molecule has 2 heterocycles. The third kappa shape index (κ3) is 2.06. The molecule has 106 valence electrons. The SMILES string of the molecule is CC(C)=CCC1O[C@]1(C)[C@H]1[C@H](O)C(=O)CC[C@]12CO2. The summed E-state index contributed by atoms with van der Waals surface area (Å²) in [6, 6.07) is 0. The highest BCUT2D eigenvalue weighted by Gasteiger charge is 2.71. The van der Waals surface area contributed by atoms with Crippen molar-refractivity contribution in [3.63, 3.8) is 0 Å². The molecule has 2 saturated heterocycles. The van der Waals surface area contributed by atoms with Gasteiger partial charge in [-0.3, -0.25) is 4.79 Å². The summed E-state index contributed by atoms with van der Waals surface area (Å²) < 4.78 is 11.5. The van der Waals surface area contributed by atoms with E-state index in [0.29, 0.717) is 13.0 Å². The van der Waals surface area contributed by atoms with Crippen LogP contribution in [-0.4, -0.2) is 40.9 Å². The molecule has 1 aliphatic carbocycles. The van der Waals surface area contributed by atoms with Crippen LogP contribution in [-0.2, 0) is 14.3 Å². The molecule has 2 aliphatic heterocycles. The molecule has 0 aromatic heterocycles. The predicted molar refractivity (Wildman–Crippen MR) is 69.7 cm³/mol. The van der Waals surface area contributed by atoms with Gasteiger partial charge in [0.25, 0.3) is 0 Å². The highest BCUT2D eigenvalue weighted by molar-refractivity contribution is 5.85. The molecule has 4 heteroatoms. The quantitative estimate of drug-likeness (QED) is 0.622. The summed E-state index contributed by atoms with van der Waals surface area (Å²) >= 11 is 0. The first-order valence-electron chi connectivity index (χ1n) is 7.05. The lowest BCUT2D eigenvalue weighted by molar-refractivity contribution is -0.139. The Labute approximate surface area is 113 Å². The second kappa shape index (κ2) is 4.14. The molecule has 19 heavy (non-hydrogen) atoms. The molecule has 3 aliphatic rings. The second-order valence-electron chi connectivity index (χ2n) is 6.55. The van der Waals surface area contributed by atoms with Gasteiger partial charge >= 0.3 is 0 Å². The van der Waals surface area contributed by atoms with Crippen molar-refractivity contribution in [1.29, 1.82) is 0 Å². The maximum Gasteiger partial charge on any atom is 0.161 e. The van der Waals surface area contributed by atoms with E-state index >= 15 is 0 Å². The summed E-state index contributed by atoms with van der Waals surface area (Å²) in [5, 5.41) is 10.3. The fourth-order valence-electron chi connectivity index (χ4n) is 3.54. The van der Waals surface area contributed by atoms with Crippen molar-refractivity contribution in [1.82, 2.24) is 0 Å². The van der Waals surface area contributed by atoms with Crippen molar-refractivity contribution < 1.29 is 19.4 Å². The Balaban J connectivity index is 1.77. The molecule has 0 radical (unpaired) electrons. The smallest absolute Gasteiger partial charge is 0.161 e. The lowest BCUT2D eigenvalue weighted by atomic mass is 9.69. The second-order valence-corrected chi connectivity index (χ2v) is 6.55. The lowest BCUT2D eigenvalue weighted by Gasteiger charge is -2.35. The summed E-state index contributed by atoms with van der Waals surface area (Å²) in [5.41, 5.74) is 0.537. The van der Waals surface area contributed by atoms with Gasteiger partial charge in [-0.15, -0.1) is 0 Å². The van der Waals surface area contributed by atoms with E-state index < -0.39 is 11.7 Å². The van der Waals surface area contributed by atoms with Gasteiger partial charge in [-0.2, -0.15) is 0 Å². The number of carbonyl (C=O) groups is 1. The Morgan fingerprint density at radius 2 is 2.21 bits per heavy atom. The van der Waals surface area contributed by atoms with Crippen LogP contribution >= 0.6 is 0 Å². The van der Waals surface area contributed by atoms with Gasteiger partial charge in [0.1, 0.15) is 17.3 Å². The number of carbonyl (C=O) groups excluding carboxylic acids is 1. The van der Waals surface area contributed by atoms with E-state index in [9.17, 15) is 9.90 Å². The Bertz CT molecular complexity index is 433. The van der Waals surface area contributed by atoms with Crippen molar-refractivity contribution in [2.24, 2.45) is 5.92 Å². The fraction of sp³-hybridized carbons (Fsp3) is 0.800. The van der Waals surface area contributed by atoms with E-state index in [0.717, 1.165) is 12.8 Å². The van der Waals surface area contributed by atoms with E-state index in [4.69, 9.17) is 9.47 Å². The zero-order valence-corrected chi connectivity index (χ0v) is 11.8. The maximum absolute atomic E-state index is 11.8. The molecule has 0 aromatic carbocycles. The first-order chi connectivity index (χ1) is 8.89. The number of aliphatic hydroxyl groups is 1. The van der Waals surface area contributed by atoms with Crippen LogP contribution in [0.1, 0.15) is 40.0 Å². The largest absolute Gasteiger partial charge is 0.385 e. The normalized spacial score (nSPS) is 48.2. The average Bonchev–Trinajstić information content (AvgIpc) is 3.22. The average molecular weight is 266 g/mol. The van der Waals surface area contributed by atoms with Gasteiger partial charge in [-0.05, 0) is 33.6 Å². The van der Waals surface area contributed by atoms with Crippen LogP contribution in [0.15, 0.2) is 11.6 Å². The lowest BCUT2D eigenvalue weighted by Crippen LogP contribution is -2.52. The van der Waals surface area contributed by atoms with E-state index in [-0.39, 0.29) is 23.4 Å². The molecule has 1 N–H and O–H groups in total. The van der Waals surface area contributed by atoms with Crippen molar-refractivity contribution in [2.75, 3.05) is 6.61 Å². The molecule has 0 amide bonds. The van der Waals surface area contributed by atoms with Crippen molar-refractivity contribution >= 4 is 5.78 Å². The first kappa shape index (κ1) is 13.3. The maximum atomic E-state index is 11.8. The fourth-order valence-corrected chi connectivity index (χ4v) is 3.54. The molecule has 4 nitrogen and oxygen atoms in total. The summed E-state index contributed by atoms with van der Waals surface area (Å²) in [6.45, 7) is 6.77. The number of aliphatic hydroxyl groups excluding tert-OH is 1. The Kier molecular flexibility index (Phi) is 2.89. The molecule has 3 rings (SSSR count). The van der Waals surface area contributed by atoms with E-state index in [1.165, 1.54) is 5.57 Å². The predicted octanol–water partition coefficient (Wildman–Crippen LogP) is 1.61. The number of epoxide rings is 2. The van der Waals surface area contributed by atoms with Crippen LogP contribution in [0.4, 0.5) is 0 Å². The van der Waals surface area contributed by atoms with Gasteiger partial charge in [0.2, 0.25) is 0 Å². The molecular formula is C15H22O4. The van der Waals surface area contributed by atoms with Crippen LogP contribution in [0.25, 0.3) is 0 Å². The van der Waals surface area contributed by atoms with Crippen molar-refractivity contribution in [2.45, 2.75) is 63.4 Å². The van der Waals surface area contributed by atoms with Crippen LogP contribution in [0.2, 0.25) is 0 Å². The van der Waals surface area contributed by atoms with Crippen LogP contribution < -0.4 is 0 Å². The van der Waals surface area contributed by atoms with Gasteiger partial charge in [0.05, 0.1) is 18.6 Å². The monoisotopic (exact) mass is 266 g/mol. The van der Waals surface area contributed by atoms with Crippen molar-refractivity contribution in [3.05, 3.63) is 11.6 Å². The standard InChI is InChI=1S/C15H22O4/c1-9(2)4-5-11-14(3,19-11)13-12(17)10(16)6-7-15(13)8-18-15/h4,11-13,17H,5-8H2,1-3H3/t11?,12-,13-,14+,15+/m1/s1. The Hall–Kier alpha value is -0.710. The molecule has 1 unspecified atom stereocenters. The minimum atomic E-state index is -0.932. The summed E-state index contributed by atoms with van der Waals surface area (Å²) in [5.74, 6) is -0.277. The Morgan fingerprint density at radius 1 is 1.53 bits per heavy atom. The minimum absolute atomic E-state index is 0.0659. The number of rotatable bonds is 3. The number of allylic oxidation sites excluding steroid dienone is 1. The van der Waals surface area contributed by atoms with E-state index in [2.05, 4.69) is 19.9 Å². The van der Waals surface area contributed by atoms with Gasteiger partial charge in [-0.25, -0.2) is 0 Å². The molecular weight excluding hydrogens is 244 g/mol. The number of Topliss-reactive ketones (excluding diaryl/α,β-unsaturated/α-hetero) is 1. The van der Waals surface area contributed by atoms with E-state index in [1.54, 1.807) is 0 Å². The van der Waals surface area contributed by atoms with Gasteiger partial charge in [-0.1, -0.05) is 11.6 Å². The summed E-state index contributed by atoms with van der Waals surface area (Å²) in [4.78, 5) is 11.8. The van der Waals surface area contributed by atoms with Crippen molar-refractivity contribution in [3.8, 4) is 0 Å². The van der Waals surface area contributed by atoms with Gasteiger partial charge in [0, 0.05) is 6.42 Å². The highest BCUT2D eigenvalue weighted by atomic mass is 16.6. The summed E-state index contributed by atoms with van der Waals surface area (Å²) in [6.07, 6.45) is 3.29. The molecule has 5 atom stereocenters. The number of hydrogen-bond donors (Lipinski definition) is 1. The van der Waals surface area contributed by atoms with E-state index in [1.807, 2.05) is 6.92 Å². The number of hydrogen-bond acceptors (Lipinski definition) is 4. The molecule has 0 bridgehead atoms. The molecule has 1 spiro atoms. The first-order valence-corrected chi connectivity index (χ1v) is 7.05. The zero-order chi connectivity index (χ0) is 13.8. The Morgan fingerprint density at radius 3 is 2.79 bits per heavy atom. The zero-order valence-electron chi connectivity index (χ0n) is 11.8. The van der Waals surface area contributed by atoms with Gasteiger partial charge in [0.15, 0.2) is 5.78 Å². The molecule has 1 saturated carbocycles. The number of ketones is 1. The topological polar surface area (TPSA) is 62.4 Å². The molecule has 3 fully saturated rings. The highest BCUT2D eigenvalue weighted by Crippen LogP contribution is 2.58. The molecule has 0 aromatic rings. The third-order valence-corrected chi connectivity index (χ3v) is 4.86. The van der Waals surface area contributed by atoms with Gasteiger partial charge < -0.3 is 14.6 Å². The third-order valence-electron chi connectivity index (χ3n) is 4.86.